The van der Waals surface area contributed by atoms with Crippen LogP contribution in [0.25, 0.3) is 0 Å². The summed E-state index contributed by atoms with van der Waals surface area (Å²) in [5.41, 5.74) is 1.63. The molecule has 2 rings (SSSR count). The zero-order valence-corrected chi connectivity index (χ0v) is 9.01. The molecule has 1 heteroatoms. The quantitative estimate of drug-likeness (QED) is 0.654. The predicted molar refractivity (Wildman–Crippen MR) is 56.6 cm³/mol. The van der Waals surface area contributed by atoms with Gasteiger partial charge in [0.1, 0.15) is 0 Å². The average Bonchev–Trinajstić information content (AvgIpc) is 2.10. The van der Waals surface area contributed by atoms with E-state index in [-0.39, 0.29) is 0 Å². The predicted octanol–water partition coefficient (Wildman–Crippen LogP) is 2.59. The SMILES string of the molecule is CCCC1C2C=C(C)[C@H]2C1NCC. The summed E-state index contributed by atoms with van der Waals surface area (Å²) in [5, 5.41) is 3.64. The van der Waals surface area contributed by atoms with Crippen molar-refractivity contribution < 1.29 is 0 Å². The third kappa shape index (κ3) is 1.25. The molecule has 0 radical (unpaired) electrons. The van der Waals surface area contributed by atoms with Crippen LogP contribution in [0.4, 0.5) is 0 Å². The first-order valence-corrected chi connectivity index (χ1v) is 5.71. The molecule has 1 N–H and O–H groups in total. The van der Waals surface area contributed by atoms with Crippen molar-refractivity contribution in [2.24, 2.45) is 17.8 Å². The lowest BCUT2D eigenvalue weighted by atomic mass is 9.50. The number of rotatable bonds is 4. The third-order valence-corrected chi connectivity index (χ3v) is 3.80. The Morgan fingerprint density at radius 3 is 2.69 bits per heavy atom. The van der Waals surface area contributed by atoms with Crippen LogP contribution >= 0.6 is 0 Å². The van der Waals surface area contributed by atoms with E-state index >= 15 is 0 Å². The second-order valence-electron chi connectivity index (χ2n) is 4.55. The molecule has 3 unspecified atom stereocenters. The number of fused-ring (bicyclic) bond motifs is 1. The number of hydrogen-bond acceptors (Lipinski definition) is 1. The van der Waals surface area contributed by atoms with E-state index in [1.807, 2.05) is 0 Å². The summed E-state index contributed by atoms with van der Waals surface area (Å²) >= 11 is 0. The van der Waals surface area contributed by atoms with Crippen molar-refractivity contribution in [1.29, 1.82) is 0 Å². The second-order valence-corrected chi connectivity index (χ2v) is 4.55. The molecular formula is C12H21N. The van der Waals surface area contributed by atoms with E-state index in [9.17, 15) is 0 Å². The maximum atomic E-state index is 3.64. The fourth-order valence-electron chi connectivity index (χ4n) is 3.20. The fourth-order valence-corrected chi connectivity index (χ4v) is 3.20. The smallest absolute Gasteiger partial charge is 0.0172 e. The lowest BCUT2D eigenvalue weighted by Crippen LogP contribution is -2.61. The molecule has 13 heavy (non-hydrogen) atoms. The van der Waals surface area contributed by atoms with E-state index in [4.69, 9.17) is 0 Å². The van der Waals surface area contributed by atoms with E-state index in [1.165, 1.54) is 12.8 Å². The summed E-state index contributed by atoms with van der Waals surface area (Å²) in [6, 6.07) is 0.806. The molecule has 4 atom stereocenters. The highest BCUT2D eigenvalue weighted by atomic mass is 15.0. The molecule has 0 aliphatic heterocycles. The minimum absolute atomic E-state index is 0.806. The molecular weight excluding hydrogens is 158 g/mol. The highest BCUT2D eigenvalue weighted by molar-refractivity contribution is 5.31. The van der Waals surface area contributed by atoms with Crippen molar-refractivity contribution in [2.45, 2.75) is 39.7 Å². The van der Waals surface area contributed by atoms with Crippen molar-refractivity contribution >= 4 is 0 Å². The van der Waals surface area contributed by atoms with Crippen LogP contribution in [-0.4, -0.2) is 12.6 Å². The number of hydrogen-bond donors (Lipinski definition) is 1. The molecule has 0 aromatic carbocycles. The summed E-state index contributed by atoms with van der Waals surface area (Å²) in [6.07, 6.45) is 5.23. The lowest BCUT2D eigenvalue weighted by Gasteiger charge is -2.58. The molecule has 0 aromatic rings. The summed E-state index contributed by atoms with van der Waals surface area (Å²) in [6.45, 7) is 7.93. The Bertz CT molecular complexity index is 219. The van der Waals surface area contributed by atoms with E-state index in [2.05, 4.69) is 32.2 Å². The Morgan fingerprint density at radius 1 is 1.38 bits per heavy atom. The Morgan fingerprint density at radius 2 is 2.15 bits per heavy atom. The van der Waals surface area contributed by atoms with Gasteiger partial charge in [0.15, 0.2) is 0 Å². The zero-order valence-electron chi connectivity index (χ0n) is 9.01. The minimum Gasteiger partial charge on any atom is -0.313 e. The first kappa shape index (κ1) is 9.26. The molecule has 0 heterocycles. The van der Waals surface area contributed by atoms with Crippen molar-refractivity contribution in [3.63, 3.8) is 0 Å². The molecule has 0 bridgehead atoms. The van der Waals surface area contributed by atoms with E-state index < -0.39 is 0 Å². The normalized spacial score (nSPS) is 41.6. The fraction of sp³-hybridized carbons (Fsp3) is 0.833. The minimum atomic E-state index is 0.806. The van der Waals surface area contributed by atoms with Gasteiger partial charge in [-0.3, -0.25) is 0 Å². The van der Waals surface area contributed by atoms with Gasteiger partial charge in [-0.2, -0.15) is 0 Å². The Labute approximate surface area is 81.6 Å². The first-order chi connectivity index (χ1) is 6.29. The van der Waals surface area contributed by atoms with Crippen LogP contribution < -0.4 is 5.32 Å². The molecule has 2 aliphatic carbocycles. The maximum Gasteiger partial charge on any atom is 0.0172 e. The zero-order chi connectivity index (χ0) is 9.42. The molecule has 0 aromatic heterocycles. The number of allylic oxidation sites excluding steroid dienone is 1. The van der Waals surface area contributed by atoms with Gasteiger partial charge in [-0.05, 0) is 31.7 Å². The van der Waals surface area contributed by atoms with Crippen LogP contribution in [-0.2, 0) is 0 Å². The third-order valence-electron chi connectivity index (χ3n) is 3.80. The summed E-state index contributed by atoms with van der Waals surface area (Å²) in [4.78, 5) is 0. The van der Waals surface area contributed by atoms with Gasteiger partial charge in [0.2, 0.25) is 0 Å². The summed E-state index contributed by atoms with van der Waals surface area (Å²) in [7, 11) is 0. The largest absolute Gasteiger partial charge is 0.313 e. The first-order valence-electron chi connectivity index (χ1n) is 5.71. The molecule has 74 valence electrons. The van der Waals surface area contributed by atoms with Crippen LogP contribution in [0.15, 0.2) is 11.6 Å². The van der Waals surface area contributed by atoms with Crippen LogP contribution in [0.3, 0.4) is 0 Å². The van der Waals surface area contributed by atoms with Crippen molar-refractivity contribution in [1.82, 2.24) is 5.32 Å². The second kappa shape index (κ2) is 3.45. The lowest BCUT2D eigenvalue weighted by molar-refractivity contribution is 0.0384. The van der Waals surface area contributed by atoms with E-state index in [1.54, 1.807) is 5.57 Å². The maximum absolute atomic E-state index is 3.64. The molecule has 0 saturated heterocycles. The molecule has 1 nitrogen and oxygen atoms in total. The van der Waals surface area contributed by atoms with Gasteiger partial charge in [-0.25, -0.2) is 0 Å². The molecule has 1 saturated carbocycles. The van der Waals surface area contributed by atoms with Crippen LogP contribution in [0, 0.1) is 17.8 Å². The standard InChI is InChI=1S/C12H21N/c1-4-6-9-10-7-8(3)11(10)12(9)13-5-2/h7,9-13H,4-6H2,1-3H3/t9?,10?,11-,12?/m1/s1. The van der Waals surface area contributed by atoms with Gasteiger partial charge >= 0.3 is 0 Å². The molecule has 2 aliphatic rings. The van der Waals surface area contributed by atoms with Gasteiger partial charge < -0.3 is 5.32 Å². The summed E-state index contributed by atoms with van der Waals surface area (Å²) in [5.74, 6) is 2.78. The van der Waals surface area contributed by atoms with E-state index in [0.29, 0.717) is 0 Å². The average molecular weight is 179 g/mol. The Balaban J connectivity index is 1.96. The molecule has 1 fully saturated rings. The van der Waals surface area contributed by atoms with Gasteiger partial charge in [0.05, 0.1) is 0 Å². The van der Waals surface area contributed by atoms with Gasteiger partial charge in [-0.15, -0.1) is 0 Å². The highest BCUT2D eigenvalue weighted by Crippen LogP contribution is 2.54. The van der Waals surface area contributed by atoms with E-state index in [0.717, 1.165) is 30.3 Å². The van der Waals surface area contributed by atoms with Gasteiger partial charge in [-0.1, -0.05) is 31.9 Å². The molecule has 0 spiro atoms. The van der Waals surface area contributed by atoms with Crippen molar-refractivity contribution in [3.05, 3.63) is 11.6 Å². The van der Waals surface area contributed by atoms with Crippen LogP contribution in [0.5, 0.6) is 0 Å². The van der Waals surface area contributed by atoms with Gasteiger partial charge in [0.25, 0.3) is 0 Å². The Hall–Kier alpha value is -0.300. The van der Waals surface area contributed by atoms with Crippen molar-refractivity contribution in [3.8, 4) is 0 Å². The van der Waals surface area contributed by atoms with Gasteiger partial charge in [0, 0.05) is 12.0 Å². The van der Waals surface area contributed by atoms with Crippen LogP contribution in [0.1, 0.15) is 33.6 Å². The highest BCUT2D eigenvalue weighted by Gasteiger charge is 2.53. The monoisotopic (exact) mass is 179 g/mol. The topological polar surface area (TPSA) is 12.0 Å². The summed E-state index contributed by atoms with van der Waals surface area (Å²) < 4.78 is 0. The molecule has 0 amide bonds. The van der Waals surface area contributed by atoms with Crippen molar-refractivity contribution in [2.75, 3.05) is 6.54 Å². The number of nitrogens with one attached hydrogen (secondary N) is 1. The Kier molecular flexibility index (Phi) is 2.46. The van der Waals surface area contributed by atoms with Crippen LogP contribution in [0.2, 0.25) is 0 Å².